The van der Waals surface area contributed by atoms with Crippen LogP contribution in [0.5, 0.6) is 0 Å². The number of pyridine rings is 1. The molecule has 0 unspecified atom stereocenters. The van der Waals surface area contributed by atoms with Crippen LogP contribution in [0.2, 0.25) is 5.02 Å². The lowest BCUT2D eigenvalue weighted by Crippen LogP contribution is -2.07. The number of halogens is 1. The molecular formula is C18H18ClN3O2. The first-order chi connectivity index (χ1) is 11.7. The van der Waals surface area contributed by atoms with Gasteiger partial charge in [-0.2, -0.15) is 0 Å². The Balaban J connectivity index is 1.90. The molecule has 0 radical (unpaired) electrons. The fourth-order valence-electron chi connectivity index (χ4n) is 2.60. The number of imidazole rings is 1. The molecule has 0 aliphatic heterocycles. The number of rotatable bonds is 6. The minimum absolute atomic E-state index is 0.178. The summed E-state index contributed by atoms with van der Waals surface area (Å²) in [6.45, 7) is 2.86. The van der Waals surface area contributed by atoms with E-state index in [-0.39, 0.29) is 5.97 Å². The fraction of sp³-hybridized carbons (Fsp3) is 0.278. The second-order valence-electron chi connectivity index (χ2n) is 5.35. The maximum Gasteiger partial charge on any atom is 0.305 e. The average molecular weight is 344 g/mol. The van der Waals surface area contributed by atoms with Crippen molar-refractivity contribution in [3.8, 4) is 11.4 Å². The maximum atomic E-state index is 11.6. The van der Waals surface area contributed by atoms with Gasteiger partial charge >= 0.3 is 5.97 Å². The molecule has 2 heterocycles. The Morgan fingerprint density at radius 2 is 2.04 bits per heavy atom. The van der Waals surface area contributed by atoms with Crippen LogP contribution in [0.1, 0.15) is 19.8 Å². The standard InChI is InChI=1S/C18H18ClN3O2/c1-2-24-16(23)6-4-12-22-17(13-7-9-14(19)10-8-13)21-15-5-3-11-20-18(15)22/h3,5,7-11H,2,4,6,12H2,1H3. The minimum atomic E-state index is -0.178. The Morgan fingerprint density at radius 3 is 2.79 bits per heavy atom. The molecule has 2 aromatic heterocycles. The molecule has 5 nitrogen and oxygen atoms in total. The van der Waals surface area contributed by atoms with Crippen molar-refractivity contribution in [1.82, 2.24) is 14.5 Å². The summed E-state index contributed by atoms with van der Waals surface area (Å²) < 4.78 is 7.02. The van der Waals surface area contributed by atoms with E-state index in [1.54, 1.807) is 6.20 Å². The summed E-state index contributed by atoms with van der Waals surface area (Å²) in [4.78, 5) is 20.7. The van der Waals surface area contributed by atoms with Gasteiger partial charge in [0, 0.05) is 29.7 Å². The number of benzene rings is 1. The molecule has 24 heavy (non-hydrogen) atoms. The Morgan fingerprint density at radius 1 is 1.25 bits per heavy atom. The minimum Gasteiger partial charge on any atom is -0.466 e. The molecule has 0 amide bonds. The lowest BCUT2D eigenvalue weighted by Gasteiger charge is -2.09. The monoisotopic (exact) mass is 343 g/mol. The first-order valence-electron chi connectivity index (χ1n) is 7.92. The van der Waals surface area contributed by atoms with E-state index in [2.05, 4.69) is 9.97 Å². The van der Waals surface area contributed by atoms with Crippen LogP contribution in [-0.2, 0) is 16.1 Å². The first-order valence-corrected chi connectivity index (χ1v) is 8.29. The van der Waals surface area contributed by atoms with Gasteiger partial charge in [0.15, 0.2) is 5.65 Å². The average Bonchev–Trinajstić information content (AvgIpc) is 2.95. The number of hydrogen-bond acceptors (Lipinski definition) is 4. The van der Waals surface area contributed by atoms with Gasteiger partial charge in [0.05, 0.1) is 6.61 Å². The van der Waals surface area contributed by atoms with Crippen LogP contribution in [0.15, 0.2) is 42.6 Å². The van der Waals surface area contributed by atoms with Crippen molar-refractivity contribution >= 4 is 28.7 Å². The van der Waals surface area contributed by atoms with Gasteiger partial charge in [-0.25, -0.2) is 9.97 Å². The molecule has 0 bridgehead atoms. The number of esters is 1. The summed E-state index contributed by atoms with van der Waals surface area (Å²) in [5.74, 6) is 0.646. The molecule has 0 fully saturated rings. The molecule has 3 rings (SSSR count). The normalized spacial score (nSPS) is 10.9. The second kappa shape index (κ2) is 7.45. The third kappa shape index (κ3) is 3.57. The molecule has 0 saturated heterocycles. The van der Waals surface area contributed by atoms with E-state index in [0.717, 1.165) is 22.6 Å². The summed E-state index contributed by atoms with van der Waals surface area (Å²) in [7, 11) is 0. The summed E-state index contributed by atoms with van der Waals surface area (Å²) >= 11 is 5.97. The Hall–Kier alpha value is -2.40. The molecule has 0 aliphatic rings. The molecule has 124 valence electrons. The van der Waals surface area contributed by atoms with E-state index in [0.29, 0.717) is 31.0 Å². The highest BCUT2D eigenvalue weighted by atomic mass is 35.5. The molecule has 6 heteroatoms. The molecular weight excluding hydrogens is 326 g/mol. The van der Waals surface area contributed by atoms with E-state index in [9.17, 15) is 4.79 Å². The number of carbonyl (C=O) groups excluding carboxylic acids is 1. The molecule has 0 atom stereocenters. The second-order valence-corrected chi connectivity index (χ2v) is 5.79. The fourth-order valence-corrected chi connectivity index (χ4v) is 2.73. The maximum absolute atomic E-state index is 11.6. The summed E-state index contributed by atoms with van der Waals surface area (Å²) in [5.41, 5.74) is 2.61. The summed E-state index contributed by atoms with van der Waals surface area (Å²) in [5, 5.41) is 0.682. The van der Waals surface area contributed by atoms with Gasteiger partial charge in [-0.15, -0.1) is 0 Å². The highest BCUT2D eigenvalue weighted by Gasteiger charge is 2.14. The van der Waals surface area contributed by atoms with E-state index < -0.39 is 0 Å². The number of nitrogens with zero attached hydrogens (tertiary/aromatic N) is 3. The highest BCUT2D eigenvalue weighted by molar-refractivity contribution is 6.30. The highest BCUT2D eigenvalue weighted by Crippen LogP contribution is 2.25. The smallest absolute Gasteiger partial charge is 0.305 e. The van der Waals surface area contributed by atoms with Gasteiger partial charge < -0.3 is 9.30 Å². The Kier molecular flexibility index (Phi) is 5.11. The van der Waals surface area contributed by atoms with Crippen molar-refractivity contribution in [2.24, 2.45) is 0 Å². The van der Waals surface area contributed by atoms with Crippen LogP contribution in [0.3, 0.4) is 0 Å². The van der Waals surface area contributed by atoms with Crippen LogP contribution >= 0.6 is 11.6 Å². The van der Waals surface area contributed by atoms with Crippen LogP contribution in [0.4, 0.5) is 0 Å². The molecule has 0 saturated carbocycles. The van der Waals surface area contributed by atoms with Crippen molar-refractivity contribution in [1.29, 1.82) is 0 Å². The topological polar surface area (TPSA) is 57.0 Å². The van der Waals surface area contributed by atoms with Gasteiger partial charge in [0.2, 0.25) is 0 Å². The van der Waals surface area contributed by atoms with Crippen molar-refractivity contribution < 1.29 is 9.53 Å². The predicted molar refractivity (Wildman–Crippen MR) is 93.8 cm³/mol. The van der Waals surface area contributed by atoms with Gasteiger partial charge in [-0.05, 0) is 49.7 Å². The number of carbonyl (C=O) groups is 1. The van der Waals surface area contributed by atoms with E-state index >= 15 is 0 Å². The van der Waals surface area contributed by atoms with Crippen LogP contribution in [0.25, 0.3) is 22.6 Å². The van der Waals surface area contributed by atoms with E-state index in [1.165, 1.54) is 0 Å². The summed E-state index contributed by atoms with van der Waals surface area (Å²) in [6.07, 6.45) is 2.79. The molecule has 0 aliphatic carbocycles. The molecule has 0 N–H and O–H groups in total. The zero-order valence-electron chi connectivity index (χ0n) is 13.4. The third-order valence-electron chi connectivity index (χ3n) is 3.67. The van der Waals surface area contributed by atoms with Crippen molar-refractivity contribution in [3.63, 3.8) is 0 Å². The van der Waals surface area contributed by atoms with Gasteiger partial charge in [-0.3, -0.25) is 4.79 Å². The van der Waals surface area contributed by atoms with Crippen molar-refractivity contribution in [2.75, 3.05) is 6.61 Å². The van der Waals surface area contributed by atoms with E-state index in [1.807, 2.05) is 47.9 Å². The SMILES string of the molecule is CCOC(=O)CCCn1c(-c2ccc(Cl)cc2)nc2cccnc21. The third-order valence-corrected chi connectivity index (χ3v) is 3.93. The van der Waals surface area contributed by atoms with Crippen LogP contribution < -0.4 is 0 Å². The van der Waals surface area contributed by atoms with Crippen molar-refractivity contribution in [3.05, 3.63) is 47.6 Å². The van der Waals surface area contributed by atoms with Gasteiger partial charge in [0.1, 0.15) is 11.3 Å². The lowest BCUT2D eigenvalue weighted by atomic mass is 10.2. The Bertz CT molecular complexity index is 843. The quantitative estimate of drug-likeness (QED) is 0.632. The summed E-state index contributed by atoms with van der Waals surface area (Å²) in [6, 6.07) is 11.4. The number of aromatic nitrogens is 3. The predicted octanol–water partition coefficient (Wildman–Crippen LogP) is 4.10. The van der Waals surface area contributed by atoms with Crippen molar-refractivity contribution in [2.45, 2.75) is 26.3 Å². The first kappa shape index (κ1) is 16.5. The zero-order chi connectivity index (χ0) is 16.9. The number of ether oxygens (including phenoxy) is 1. The largest absolute Gasteiger partial charge is 0.466 e. The Labute approximate surface area is 145 Å². The number of hydrogen-bond donors (Lipinski definition) is 0. The van der Waals surface area contributed by atoms with Crippen LogP contribution in [-0.4, -0.2) is 27.1 Å². The zero-order valence-corrected chi connectivity index (χ0v) is 14.2. The molecule has 1 aromatic carbocycles. The number of aryl methyl sites for hydroxylation is 1. The van der Waals surface area contributed by atoms with E-state index in [4.69, 9.17) is 16.3 Å². The van der Waals surface area contributed by atoms with Gasteiger partial charge in [-0.1, -0.05) is 11.6 Å². The van der Waals surface area contributed by atoms with Gasteiger partial charge in [0.25, 0.3) is 0 Å². The molecule has 3 aromatic rings. The molecule has 0 spiro atoms. The van der Waals surface area contributed by atoms with Crippen LogP contribution in [0, 0.1) is 0 Å². The number of fused-ring (bicyclic) bond motifs is 1. The lowest BCUT2D eigenvalue weighted by molar-refractivity contribution is -0.143.